The van der Waals surface area contributed by atoms with Gasteiger partial charge in [0.25, 0.3) is 0 Å². The lowest BCUT2D eigenvalue weighted by atomic mass is 10.1. The van der Waals surface area contributed by atoms with E-state index in [1.165, 1.54) is 5.39 Å². The molecule has 3 heteroatoms. The van der Waals surface area contributed by atoms with E-state index in [0.717, 1.165) is 21.2 Å². The largest absolute Gasteiger partial charge is 0.357 e. The molecule has 0 saturated heterocycles. The number of fused-ring (bicyclic) bond motifs is 3. The summed E-state index contributed by atoms with van der Waals surface area (Å²) < 4.78 is 1.07. The van der Waals surface area contributed by atoms with Crippen molar-refractivity contribution in [2.45, 2.75) is 6.42 Å². The first-order valence-electron chi connectivity index (χ1n) is 4.90. The smallest absolute Gasteiger partial charge is 0.0911 e. The first-order chi connectivity index (χ1) is 7.74. The second kappa shape index (κ2) is 3.69. The Morgan fingerprint density at radius 2 is 2.25 bits per heavy atom. The summed E-state index contributed by atoms with van der Waals surface area (Å²) in [6.45, 7) is 0. The summed E-state index contributed by atoms with van der Waals surface area (Å²) in [6.07, 6.45) is 2.65. The van der Waals surface area contributed by atoms with E-state index in [1.54, 1.807) is 0 Å². The molecule has 0 unspecified atom stereocenters. The third-order valence-electron chi connectivity index (χ3n) is 2.63. The number of benzene rings is 1. The highest BCUT2D eigenvalue weighted by atomic mass is 79.9. The molecule has 1 N–H and O–H groups in total. The Hall–Kier alpha value is -1.17. The van der Waals surface area contributed by atoms with E-state index >= 15 is 0 Å². The van der Waals surface area contributed by atoms with Crippen molar-refractivity contribution >= 4 is 44.5 Å². The molecule has 2 aromatic rings. The summed E-state index contributed by atoms with van der Waals surface area (Å²) in [7, 11) is 0. The van der Waals surface area contributed by atoms with Crippen LogP contribution in [0.3, 0.4) is 0 Å². The molecule has 1 heterocycles. The van der Waals surface area contributed by atoms with Gasteiger partial charge in [-0.2, -0.15) is 0 Å². The SMILES string of the molecule is ClC1=Cc2c([nH]c3ccc(Br)cc23)CC#C1. The minimum absolute atomic E-state index is 0.597. The van der Waals surface area contributed by atoms with Crippen LogP contribution in [0, 0.1) is 11.8 Å². The highest BCUT2D eigenvalue weighted by Crippen LogP contribution is 2.29. The highest BCUT2D eigenvalue weighted by molar-refractivity contribution is 9.10. The molecule has 0 bridgehead atoms. The lowest BCUT2D eigenvalue weighted by Gasteiger charge is -1.94. The molecule has 78 valence electrons. The molecule has 1 aliphatic carbocycles. The van der Waals surface area contributed by atoms with Gasteiger partial charge in [-0.15, -0.1) is 0 Å². The summed E-state index contributed by atoms with van der Waals surface area (Å²) in [5.41, 5.74) is 3.40. The van der Waals surface area contributed by atoms with Gasteiger partial charge in [0.05, 0.1) is 11.5 Å². The van der Waals surface area contributed by atoms with E-state index in [-0.39, 0.29) is 0 Å². The Balaban J connectivity index is 2.36. The molecule has 1 nitrogen and oxygen atoms in total. The van der Waals surface area contributed by atoms with Gasteiger partial charge in [0.1, 0.15) is 0 Å². The van der Waals surface area contributed by atoms with Gasteiger partial charge in [-0.3, -0.25) is 0 Å². The molecule has 0 saturated carbocycles. The highest BCUT2D eigenvalue weighted by Gasteiger charge is 2.11. The molecule has 0 amide bonds. The molecule has 1 aromatic heterocycles. The molecule has 0 fully saturated rings. The van der Waals surface area contributed by atoms with Crippen LogP contribution in [-0.4, -0.2) is 4.98 Å². The van der Waals surface area contributed by atoms with Crippen LogP contribution in [-0.2, 0) is 6.42 Å². The van der Waals surface area contributed by atoms with Crippen molar-refractivity contribution in [3.63, 3.8) is 0 Å². The summed E-state index contributed by atoms with van der Waals surface area (Å²) in [4.78, 5) is 3.38. The zero-order valence-corrected chi connectivity index (χ0v) is 10.6. The van der Waals surface area contributed by atoms with Gasteiger partial charge in [0.2, 0.25) is 0 Å². The Morgan fingerprint density at radius 1 is 1.38 bits per heavy atom. The van der Waals surface area contributed by atoms with Crippen LogP contribution in [0.2, 0.25) is 0 Å². The van der Waals surface area contributed by atoms with Crippen LogP contribution < -0.4 is 0 Å². The molecule has 1 aliphatic rings. The predicted molar refractivity (Wildman–Crippen MR) is 71.3 cm³/mol. The Morgan fingerprint density at radius 3 is 3.12 bits per heavy atom. The Kier molecular flexibility index (Phi) is 2.31. The van der Waals surface area contributed by atoms with Gasteiger partial charge in [-0.25, -0.2) is 0 Å². The fourth-order valence-electron chi connectivity index (χ4n) is 1.92. The molecule has 3 rings (SSSR count). The van der Waals surface area contributed by atoms with Gasteiger partial charge < -0.3 is 4.98 Å². The maximum absolute atomic E-state index is 6.01. The molecular formula is C13H7BrClN. The maximum Gasteiger partial charge on any atom is 0.0911 e. The normalized spacial score (nSPS) is 13.8. The minimum atomic E-state index is 0.597. The van der Waals surface area contributed by atoms with Gasteiger partial charge in [-0.05, 0) is 24.3 Å². The number of H-pyrrole nitrogens is 1. The molecular weight excluding hydrogens is 286 g/mol. The predicted octanol–water partition coefficient (Wildman–Crippen LogP) is 4.07. The topological polar surface area (TPSA) is 15.8 Å². The number of aromatic nitrogens is 1. The van der Waals surface area contributed by atoms with Crippen LogP contribution in [0.4, 0.5) is 0 Å². The van der Waals surface area contributed by atoms with Crippen LogP contribution >= 0.6 is 27.5 Å². The van der Waals surface area contributed by atoms with Crippen LogP contribution in [0.25, 0.3) is 17.0 Å². The van der Waals surface area contributed by atoms with Crippen molar-refractivity contribution in [3.8, 4) is 11.8 Å². The zero-order valence-electron chi connectivity index (χ0n) is 8.27. The van der Waals surface area contributed by atoms with Gasteiger partial charge in [-0.1, -0.05) is 39.4 Å². The van der Waals surface area contributed by atoms with Crippen molar-refractivity contribution in [1.82, 2.24) is 4.98 Å². The van der Waals surface area contributed by atoms with E-state index in [1.807, 2.05) is 12.1 Å². The summed E-state index contributed by atoms with van der Waals surface area (Å²) >= 11 is 9.49. The van der Waals surface area contributed by atoms with Crippen molar-refractivity contribution in [1.29, 1.82) is 0 Å². The second-order valence-electron chi connectivity index (χ2n) is 3.68. The lowest BCUT2D eigenvalue weighted by Crippen LogP contribution is -1.82. The van der Waals surface area contributed by atoms with E-state index in [0.29, 0.717) is 11.5 Å². The number of hydrogen-bond donors (Lipinski definition) is 1. The van der Waals surface area contributed by atoms with E-state index in [4.69, 9.17) is 11.6 Å². The monoisotopic (exact) mass is 291 g/mol. The van der Waals surface area contributed by atoms with E-state index in [2.05, 4.69) is 44.9 Å². The summed E-state index contributed by atoms with van der Waals surface area (Å²) in [6, 6.07) is 6.18. The van der Waals surface area contributed by atoms with Crippen molar-refractivity contribution in [2.24, 2.45) is 0 Å². The molecule has 0 atom stereocenters. The number of hydrogen-bond acceptors (Lipinski definition) is 0. The summed E-state index contributed by atoms with van der Waals surface area (Å²) in [5.74, 6) is 5.94. The third-order valence-corrected chi connectivity index (χ3v) is 3.32. The van der Waals surface area contributed by atoms with Crippen molar-refractivity contribution in [3.05, 3.63) is 39.0 Å². The lowest BCUT2D eigenvalue weighted by molar-refractivity contribution is 1.20. The van der Waals surface area contributed by atoms with E-state index in [9.17, 15) is 0 Å². The van der Waals surface area contributed by atoms with Crippen molar-refractivity contribution in [2.75, 3.05) is 0 Å². The molecule has 0 spiro atoms. The second-order valence-corrected chi connectivity index (χ2v) is 5.00. The van der Waals surface area contributed by atoms with Gasteiger partial charge >= 0.3 is 0 Å². The number of rotatable bonds is 0. The standard InChI is InChI=1S/C13H7BrClN/c14-8-4-5-13-10(6-8)11-7-9(15)2-1-3-12(11)16-13/h4-7,16H,3H2. The minimum Gasteiger partial charge on any atom is -0.357 e. The van der Waals surface area contributed by atoms with Crippen molar-refractivity contribution < 1.29 is 0 Å². The number of allylic oxidation sites excluding steroid dienone is 1. The summed E-state index contributed by atoms with van der Waals surface area (Å²) in [5, 5.41) is 1.77. The maximum atomic E-state index is 6.01. The zero-order chi connectivity index (χ0) is 11.1. The Bertz CT molecular complexity index is 670. The number of halogens is 2. The molecule has 0 radical (unpaired) electrons. The molecule has 0 aliphatic heterocycles. The Labute approximate surface area is 107 Å². The first-order valence-corrected chi connectivity index (χ1v) is 6.07. The van der Waals surface area contributed by atoms with Gasteiger partial charge in [0.15, 0.2) is 0 Å². The fraction of sp³-hybridized carbons (Fsp3) is 0.0769. The average molecular weight is 293 g/mol. The molecule has 16 heavy (non-hydrogen) atoms. The fourth-order valence-corrected chi connectivity index (χ4v) is 2.46. The first kappa shape index (κ1) is 10.0. The van der Waals surface area contributed by atoms with Crippen LogP contribution in [0.15, 0.2) is 27.7 Å². The average Bonchev–Trinajstić information content (AvgIpc) is 2.47. The van der Waals surface area contributed by atoms with Gasteiger partial charge in [0, 0.05) is 26.6 Å². The quantitative estimate of drug-likeness (QED) is 0.705. The number of nitrogens with one attached hydrogen (secondary N) is 1. The van der Waals surface area contributed by atoms with Crippen LogP contribution in [0.5, 0.6) is 0 Å². The molecule has 1 aromatic carbocycles. The van der Waals surface area contributed by atoms with E-state index < -0.39 is 0 Å². The number of aromatic amines is 1. The third kappa shape index (κ3) is 1.57. The van der Waals surface area contributed by atoms with Crippen LogP contribution in [0.1, 0.15) is 11.3 Å².